The summed E-state index contributed by atoms with van der Waals surface area (Å²) in [5, 5.41) is 3.72. The quantitative estimate of drug-likeness (QED) is 0.612. The average molecular weight is 181 g/mol. The van der Waals surface area contributed by atoms with Crippen molar-refractivity contribution in [3.05, 3.63) is 0 Å². The van der Waals surface area contributed by atoms with E-state index in [1.165, 1.54) is 38.6 Å². The molecule has 0 unspecified atom stereocenters. The Balaban J connectivity index is 1.81. The van der Waals surface area contributed by atoms with Gasteiger partial charge in [0.15, 0.2) is 0 Å². The minimum absolute atomic E-state index is 0.638. The van der Waals surface area contributed by atoms with Gasteiger partial charge >= 0.3 is 0 Å². The number of fused-ring (bicyclic) bond motifs is 2. The van der Waals surface area contributed by atoms with E-state index in [4.69, 9.17) is 4.74 Å². The van der Waals surface area contributed by atoms with Crippen molar-refractivity contribution in [1.29, 1.82) is 0 Å². The van der Waals surface area contributed by atoms with Gasteiger partial charge in [-0.25, -0.2) is 0 Å². The van der Waals surface area contributed by atoms with E-state index in [1.807, 2.05) is 0 Å². The van der Waals surface area contributed by atoms with Crippen LogP contribution in [0.5, 0.6) is 0 Å². The maximum atomic E-state index is 5.48. The van der Waals surface area contributed by atoms with Crippen LogP contribution in [0.15, 0.2) is 0 Å². The zero-order chi connectivity index (χ0) is 8.73. The van der Waals surface area contributed by atoms with Crippen LogP contribution in [0.25, 0.3) is 0 Å². The highest BCUT2D eigenvalue weighted by atomic mass is 16.5. The van der Waals surface area contributed by atoms with Gasteiger partial charge in [-0.2, -0.15) is 0 Å². The highest BCUT2D eigenvalue weighted by molar-refractivity contribution is 5.04. The van der Waals surface area contributed by atoms with Gasteiger partial charge in [0, 0.05) is 25.8 Å². The van der Waals surface area contributed by atoms with Gasteiger partial charge in [0.25, 0.3) is 0 Å². The van der Waals surface area contributed by atoms with Crippen molar-refractivity contribution in [3.8, 4) is 0 Å². The van der Waals surface area contributed by atoms with Crippen LogP contribution in [-0.4, -0.2) is 25.8 Å². The molecule has 0 bridgehead atoms. The summed E-state index contributed by atoms with van der Waals surface area (Å²) in [6, 6.07) is 0.859. The zero-order valence-corrected chi connectivity index (χ0v) is 8.22. The van der Waals surface area contributed by atoms with E-state index >= 15 is 0 Å². The fourth-order valence-electron chi connectivity index (χ4n) is 3.73. The molecule has 0 aromatic carbocycles. The van der Waals surface area contributed by atoms with Crippen LogP contribution in [-0.2, 0) is 4.74 Å². The summed E-state index contributed by atoms with van der Waals surface area (Å²) in [5.41, 5.74) is 0.638. The number of hydrogen-bond acceptors (Lipinski definition) is 2. The number of rotatable bonds is 0. The SMILES string of the molecule is C1C[C@@H]2[C@@H](C1)NCC21CCOCC1. The first-order chi connectivity index (χ1) is 6.41. The molecular weight excluding hydrogens is 162 g/mol. The molecule has 0 aromatic heterocycles. The summed E-state index contributed by atoms with van der Waals surface area (Å²) in [6.07, 6.45) is 6.96. The molecule has 3 fully saturated rings. The predicted molar refractivity (Wildman–Crippen MR) is 51.6 cm³/mol. The zero-order valence-electron chi connectivity index (χ0n) is 8.22. The van der Waals surface area contributed by atoms with Crippen molar-refractivity contribution >= 4 is 0 Å². The van der Waals surface area contributed by atoms with Gasteiger partial charge in [0.1, 0.15) is 0 Å². The minimum Gasteiger partial charge on any atom is -0.381 e. The molecule has 2 aliphatic heterocycles. The molecule has 2 heteroatoms. The third-order valence-electron chi connectivity index (χ3n) is 4.51. The summed E-state index contributed by atoms with van der Waals surface area (Å²) in [5.74, 6) is 0.983. The fraction of sp³-hybridized carbons (Fsp3) is 1.00. The molecule has 2 nitrogen and oxygen atoms in total. The molecule has 2 saturated heterocycles. The Labute approximate surface area is 80.0 Å². The van der Waals surface area contributed by atoms with Gasteiger partial charge in [-0.1, -0.05) is 6.42 Å². The van der Waals surface area contributed by atoms with E-state index in [0.29, 0.717) is 5.41 Å². The van der Waals surface area contributed by atoms with E-state index in [0.717, 1.165) is 25.2 Å². The molecule has 1 spiro atoms. The van der Waals surface area contributed by atoms with Crippen LogP contribution in [0, 0.1) is 11.3 Å². The lowest BCUT2D eigenvalue weighted by Crippen LogP contribution is -2.36. The van der Waals surface area contributed by atoms with Crippen LogP contribution in [0.1, 0.15) is 32.1 Å². The number of ether oxygens (including phenoxy) is 1. The normalized spacial score (nSPS) is 42.5. The van der Waals surface area contributed by atoms with Crippen molar-refractivity contribution in [2.45, 2.75) is 38.1 Å². The maximum Gasteiger partial charge on any atom is 0.0471 e. The summed E-state index contributed by atoms with van der Waals surface area (Å²) in [6.45, 7) is 3.28. The Morgan fingerprint density at radius 3 is 2.85 bits per heavy atom. The van der Waals surface area contributed by atoms with Crippen molar-refractivity contribution in [1.82, 2.24) is 5.32 Å². The van der Waals surface area contributed by atoms with Gasteiger partial charge in [-0.3, -0.25) is 0 Å². The van der Waals surface area contributed by atoms with Gasteiger partial charge < -0.3 is 10.1 Å². The van der Waals surface area contributed by atoms with E-state index in [-0.39, 0.29) is 0 Å². The minimum atomic E-state index is 0.638. The van der Waals surface area contributed by atoms with Gasteiger partial charge in [0.2, 0.25) is 0 Å². The van der Waals surface area contributed by atoms with E-state index in [2.05, 4.69) is 5.32 Å². The highest BCUT2D eigenvalue weighted by Gasteiger charge is 2.50. The first-order valence-electron chi connectivity index (χ1n) is 5.72. The van der Waals surface area contributed by atoms with Crippen molar-refractivity contribution in [3.63, 3.8) is 0 Å². The standard InChI is InChI=1S/C11H19NO/c1-2-9-10(3-1)12-8-11(9)4-6-13-7-5-11/h9-10,12H,1-8H2/t9-,10-/m1/s1. The molecule has 0 radical (unpaired) electrons. The second kappa shape index (κ2) is 2.96. The largest absolute Gasteiger partial charge is 0.381 e. The molecular formula is C11H19NO. The van der Waals surface area contributed by atoms with Gasteiger partial charge in [-0.15, -0.1) is 0 Å². The second-order valence-electron chi connectivity index (χ2n) is 5.00. The molecule has 1 aliphatic carbocycles. The first kappa shape index (κ1) is 8.25. The monoisotopic (exact) mass is 181 g/mol. The third-order valence-corrected chi connectivity index (χ3v) is 4.51. The Morgan fingerprint density at radius 1 is 1.15 bits per heavy atom. The summed E-state index contributed by atoms with van der Waals surface area (Å²) in [7, 11) is 0. The molecule has 1 saturated carbocycles. The first-order valence-corrected chi connectivity index (χ1v) is 5.72. The van der Waals surface area contributed by atoms with Crippen LogP contribution < -0.4 is 5.32 Å². The van der Waals surface area contributed by atoms with E-state index in [1.54, 1.807) is 0 Å². The molecule has 13 heavy (non-hydrogen) atoms. The molecule has 1 N–H and O–H groups in total. The molecule has 0 amide bonds. The summed E-state index contributed by atoms with van der Waals surface area (Å²) in [4.78, 5) is 0. The second-order valence-corrected chi connectivity index (χ2v) is 5.00. The third kappa shape index (κ3) is 1.15. The smallest absolute Gasteiger partial charge is 0.0471 e. The van der Waals surface area contributed by atoms with Crippen LogP contribution in [0.4, 0.5) is 0 Å². The average Bonchev–Trinajstić information content (AvgIpc) is 2.73. The molecule has 2 atom stereocenters. The Morgan fingerprint density at radius 2 is 2.00 bits per heavy atom. The Bertz CT molecular complexity index is 193. The van der Waals surface area contributed by atoms with Crippen molar-refractivity contribution < 1.29 is 4.74 Å². The van der Waals surface area contributed by atoms with Crippen molar-refractivity contribution in [2.75, 3.05) is 19.8 Å². The Kier molecular flexibility index (Phi) is 1.88. The van der Waals surface area contributed by atoms with Gasteiger partial charge in [0.05, 0.1) is 0 Å². The number of hydrogen-bond donors (Lipinski definition) is 1. The van der Waals surface area contributed by atoms with Crippen LogP contribution in [0.3, 0.4) is 0 Å². The Hall–Kier alpha value is -0.0800. The maximum absolute atomic E-state index is 5.48. The topological polar surface area (TPSA) is 21.3 Å². The summed E-state index contributed by atoms with van der Waals surface area (Å²) < 4.78 is 5.48. The van der Waals surface area contributed by atoms with E-state index < -0.39 is 0 Å². The lowest BCUT2D eigenvalue weighted by molar-refractivity contribution is 0.00122. The van der Waals surface area contributed by atoms with Crippen LogP contribution >= 0.6 is 0 Å². The van der Waals surface area contributed by atoms with E-state index in [9.17, 15) is 0 Å². The molecule has 2 heterocycles. The molecule has 3 aliphatic rings. The molecule has 3 rings (SSSR count). The van der Waals surface area contributed by atoms with Crippen molar-refractivity contribution in [2.24, 2.45) is 11.3 Å². The molecule has 0 aromatic rings. The van der Waals surface area contributed by atoms with Crippen LogP contribution in [0.2, 0.25) is 0 Å². The molecule has 74 valence electrons. The number of nitrogens with one attached hydrogen (secondary N) is 1. The highest BCUT2D eigenvalue weighted by Crippen LogP contribution is 2.49. The predicted octanol–water partition coefficient (Wildman–Crippen LogP) is 1.56. The fourth-order valence-corrected chi connectivity index (χ4v) is 3.73. The van der Waals surface area contributed by atoms with Gasteiger partial charge in [-0.05, 0) is 37.0 Å². The lowest BCUT2D eigenvalue weighted by Gasteiger charge is -2.37. The lowest BCUT2D eigenvalue weighted by atomic mass is 9.71. The summed E-state index contributed by atoms with van der Waals surface area (Å²) >= 11 is 0.